The third-order valence-corrected chi connectivity index (χ3v) is 5.03. The largest absolute Gasteiger partial charge is 0.455 e. The van der Waals surface area contributed by atoms with Crippen molar-refractivity contribution in [1.82, 2.24) is 4.90 Å². The standard InChI is InChI=1S/C19H24N2O4S/c1-4-20(5-2)19(22)15-21(26(3,23)24)17-13-9-10-14-18(17)25-16-11-7-6-8-12-16/h6-14H,4-5,15H2,1-3H3. The zero-order valence-corrected chi connectivity index (χ0v) is 16.1. The fraction of sp³-hybridized carbons (Fsp3) is 0.316. The maximum absolute atomic E-state index is 12.5. The quantitative estimate of drug-likeness (QED) is 0.710. The minimum atomic E-state index is -3.67. The summed E-state index contributed by atoms with van der Waals surface area (Å²) in [5, 5.41) is 0. The van der Waals surface area contributed by atoms with Crippen LogP contribution in [0.2, 0.25) is 0 Å². The van der Waals surface area contributed by atoms with Crippen LogP contribution in [0.1, 0.15) is 13.8 Å². The highest BCUT2D eigenvalue weighted by molar-refractivity contribution is 7.92. The summed E-state index contributed by atoms with van der Waals surface area (Å²) in [5.41, 5.74) is 0.333. The van der Waals surface area contributed by atoms with Crippen LogP contribution in [0.15, 0.2) is 54.6 Å². The Kier molecular flexibility index (Phi) is 6.63. The fourth-order valence-corrected chi connectivity index (χ4v) is 3.40. The fourth-order valence-electron chi connectivity index (χ4n) is 2.55. The summed E-state index contributed by atoms with van der Waals surface area (Å²) < 4.78 is 31.7. The highest BCUT2D eigenvalue weighted by Crippen LogP contribution is 2.33. The number of carbonyl (C=O) groups is 1. The number of nitrogens with zero attached hydrogens (tertiary/aromatic N) is 2. The molecule has 26 heavy (non-hydrogen) atoms. The van der Waals surface area contributed by atoms with Crippen molar-refractivity contribution in [3.8, 4) is 11.5 Å². The number of ether oxygens (including phenoxy) is 1. The van der Waals surface area contributed by atoms with Gasteiger partial charge in [-0.2, -0.15) is 0 Å². The van der Waals surface area contributed by atoms with Gasteiger partial charge in [0.2, 0.25) is 15.9 Å². The maximum atomic E-state index is 12.5. The minimum Gasteiger partial charge on any atom is -0.455 e. The Morgan fingerprint density at radius 1 is 0.962 bits per heavy atom. The molecule has 0 spiro atoms. The topological polar surface area (TPSA) is 66.9 Å². The van der Waals surface area contributed by atoms with Gasteiger partial charge in [-0.3, -0.25) is 9.10 Å². The number of hydrogen-bond donors (Lipinski definition) is 0. The Labute approximate surface area is 155 Å². The molecule has 0 heterocycles. The molecule has 0 bridgehead atoms. The van der Waals surface area contributed by atoms with E-state index < -0.39 is 10.0 Å². The average Bonchev–Trinajstić information content (AvgIpc) is 2.61. The van der Waals surface area contributed by atoms with Crippen LogP contribution in [0.25, 0.3) is 0 Å². The van der Waals surface area contributed by atoms with E-state index in [9.17, 15) is 13.2 Å². The van der Waals surface area contributed by atoms with Crippen molar-refractivity contribution in [3.63, 3.8) is 0 Å². The number of sulfonamides is 1. The molecule has 0 saturated carbocycles. The van der Waals surface area contributed by atoms with Gasteiger partial charge in [0.05, 0.1) is 11.9 Å². The molecule has 0 saturated heterocycles. The second-order valence-corrected chi connectivity index (χ2v) is 7.63. The van der Waals surface area contributed by atoms with E-state index in [1.807, 2.05) is 32.0 Å². The first kappa shape index (κ1) is 19.8. The summed E-state index contributed by atoms with van der Waals surface area (Å²) in [6.45, 7) is 4.50. The monoisotopic (exact) mass is 376 g/mol. The summed E-state index contributed by atoms with van der Waals surface area (Å²) in [4.78, 5) is 14.1. The van der Waals surface area contributed by atoms with Crippen LogP contribution < -0.4 is 9.04 Å². The van der Waals surface area contributed by atoms with Crippen molar-refractivity contribution in [2.45, 2.75) is 13.8 Å². The lowest BCUT2D eigenvalue weighted by Gasteiger charge is -2.27. The van der Waals surface area contributed by atoms with Crippen molar-refractivity contribution in [2.75, 3.05) is 30.2 Å². The van der Waals surface area contributed by atoms with E-state index in [-0.39, 0.29) is 12.5 Å². The number of likely N-dealkylation sites (N-methyl/N-ethyl adjacent to an activating group) is 1. The van der Waals surface area contributed by atoms with Crippen molar-refractivity contribution >= 4 is 21.6 Å². The normalized spacial score (nSPS) is 11.0. The van der Waals surface area contributed by atoms with Gasteiger partial charge in [-0.15, -0.1) is 0 Å². The van der Waals surface area contributed by atoms with Crippen molar-refractivity contribution < 1.29 is 17.9 Å². The molecular weight excluding hydrogens is 352 g/mol. The number of hydrogen-bond acceptors (Lipinski definition) is 4. The number of para-hydroxylation sites is 3. The summed E-state index contributed by atoms with van der Waals surface area (Å²) in [6.07, 6.45) is 1.09. The molecule has 0 aliphatic rings. The van der Waals surface area contributed by atoms with Crippen LogP contribution in [0, 0.1) is 0 Å². The lowest BCUT2D eigenvalue weighted by molar-refractivity contribution is -0.129. The number of anilines is 1. The highest BCUT2D eigenvalue weighted by atomic mass is 32.2. The molecule has 0 radical (unpaired) electrons. The van der Waals surface area contributed by atoms with Gasteiger partial charge in [-0.1, -0.05) is 30.3 Å². The number of benzene rings is 2. The van der Waals surface area contributed by atoms with Gasteiger partial charge < -0.3 is 9.64 Å². The first-order chi connectivity index (χ1) is 12.4. The molecule has 2 aromatic carbocycles. The SMILES string of the molecule is CCN(CC)C(=O)CN(c1ccccc1Oc1ccccc1)S(C)(=O)=O. The van der Waals surface area contributed by atoms with Crippen LogP contribution in [0.3, 0.4) is 0 Å². The molecule has 0 aliphatic heterocycles. The van der Waals surface area contributed by atoms with Gasteiger partial charge in [0.15, 0.2) is 5.75 Å². The molecular formula is C19H24N2O4S. The summed E-state index contributed by atoms with van der Waals surface area (Å²) >= 11 is 0. The van der Waals surface area contributed by atoms with E-state index >= 15 is 0 Å². The Morgan fingerprint density at radius 2 is 1.54 bits per heavy atom. The zero-order valence-electron chi connectivity index (χ0n) is 15.3. The van der Waals surface area contributed by atoms with Crippen LogP contribution in [0.4, 0.5) is 5.69 Å². The predicted octanol–water partition coefficient (Wildman–Crippen LogP) is 3.11. The van der Waals surface area contributed by atoms with Crippen molar-refractivity contribution in [1.29, 1.82) is 0 Å². The van der Waals surface area contributed by atoms with Crippen LogP contribution in [-0.4, -0.2) is 45.1 Å². The average molecular weight is 376 g/mol. The van der Waals surface area contributed by atoms with Crippen LogP contribution in [0.5, 0.6) is 11.5 Å². The van der Waals surface area contributed by atoms with Crippen molar-refractivity contribution in [2.24, 2.45) is 0 Å². The van der Waals surface area contributed by atoms with E-state index in [0.717, 1.165) is 10.6 Å². The first-order valence-corrected chi connectivity index (χ1v) is 10.3. The molecule has 0 unspecified atom stereocenters. The molecule has 0 N–H and O–H groups in total. The molecule has 0 aliphatic carbocycles. The second kappa shape index (κ2) is 8.71. The first-order valence-electron chi connectivity index (χ1n) is 8.44. The third kappa shape index (κ3) is 4.98. The summed E-state index contributed by atoms with van der Waals surface area (Å²) in [7, 11) is -3.67. The predicted molar refractivity (Wildman–Crippen MR) is 103 cm³/mol. The number of rotatable bonds is 8. The van der Waals surface area contributed by atoms with Crippen molar-refractivity contribution in [3.05, 3.63) is 54.6 Å². The van der Waals surface area contributed by atoms with E-state index in [2.05, 4.69) is 0 Å². The van der Waals surface area contributed by atoms with E-state index in [1.54, 1.807) is 41.3 Å². The molecule has 0 atom stereocenters. The Balaban J connectivity index is 2.39. The molecule has 2 rings (SSSR count). The van der Waals surface area contributed by atoms with Crippen LogP contribution >= 0.6 is 0 Å². The Morgan fingerprint density at radius 3 is 2.12 bits per heavy atom. The smallest absolute Gasteiger partial charge is 0.243 e. The van der Waals surface area contributed by atoms with Gasteiger partial charge in [-0.25, -0.2) is 8.42 Å². The maximum Gasteiger partial charge on any atom is 0.243 e. The molecule has 1 amide bonds. The minimum absolute atomic E-state index is 0.255. The molecule has 2 aromatic rings. The number of carbonyl (C=O) groups excluding carboxylic acids is 1. The lowest BCUT2D eigenvalue weighted by atomic mass is 10.2. The molecule has 7 heteroatoms. The van der Waals surface area contributed by atoms with Crippen LogP contribution in [-0.2, 0) is 14.8 Å². The number of amides is 1. The third-order valence-electron chi connectivity index (χ3n) is 3.90. The Hall–Kier alpha value is -2.54. The molecule has 6 nitrogen and oxygen atoms in total. The van der Waals surface area contributed by atoms with Gasteiger partial charge in [-0.05, 0) is 38.1 Å². The van der Waals surface area contributed by atoms with E-state index in [1.165, 1.54) is 0 Å². The zero-order chi connectivity index (χ0) is 19.2. The van der Waals surface area contributed by atoms with E-state index in [4.69, 9.17) is 4.74 Å². The summed E-state index contributed by atoms with van der Waals surface area (Å²) in [5.74, 6) is 0.704. The lowest BCUT2D eigenvalue weighted by Crippen LogP contribution is -2.42. The molecule has 140 valence electrons. The molecule has 0 fully saturated rings. The van der Waals surface area contributed by atoms with Gasteiger partial charge in [0, 0.05) is 13.1 Å². The van der Waals surface area contributed by atoms with E-state index in [0.29, 0.717) is 30.3 Å². The van der Waals surface area contributed by atoms with Gasteiger partial charge >= 0.3 is 0 Å². The molecule has 0 aromatic heterocycles. The van der Waals surface area contributed by atoms with Gasteiger partial charge in [0.1, 0.15) is 12.3 Å². The van der Waals surface area contributed by atoms with Gasteiger partial charge in [0.25, 0.3) is 0 Å². The summed E-state index contributed by atoms with van der Waals surface area (Å²) in [6, 6.07) is 15.9. The second-order valence-electron chi connectivity index (χ2n) is 5.72. The highest BCUT2D eigenvalue weighted by Gasteiger charge is 2.25. The Bertz CT molecular complexity index is 834.